The zero-order chi connectivity index (χ0) is 13.5. The Balaban J connectivity index is 1.68. The molecule has 1 saturated heterocycles. The minimum atomic E-state index is 0.432. The minimum absolute atomic E-state index is 0.432. The van der Waals surface area contributed by atoms with Crippen LogP contribution in [-0.2, 0) is 6.54 Å². The number of nitrogens with one attached hydrogen (secondary N) is 1. The topological polar surface area (TPSA) is 28.2 Å². The predicted molar refractivity (Wildman–Crippen MR) is 79.4 cm³/mol. The Kier molecular flexibility index (Phi) is 3.25. The van der Waals surface area contributed by atoms with Crippen molar-refractivity contribution in [1.29, 1.82) is 0 Å². The first kappa shape index (κ1) is 12.9. The number of hydrogen-bond acceptors (Lipinski definition) is 3. The lowest BCUT2D eigenvalue weighted by molar-refractivity contribution is 0.418. The number of rotatable bonds is 4. The number of hydrogen-bond donors (Lipinski definition) is 1. The third-order valence-corrected chi connectivity index (χ3v) is 4.34. The number of aromatic nitrogens is 1. The molecule has 0 atom stereocenters. The summed E-state index contributed by atoms with van der Waals surface area (Å²) in [7, 11) is 0. The molecule has 1 aromatic heterocycles. The van der Waals surface area contributed by atoms with Crippen LogP contribution in [0, 0.1) is 12.3 Å². The van der Waals surface area contributed by atoms with Crippen molar-refractivity contribution >= 4 is 5.82 Å². The molecule has 2 fully saturated rings. The Hall–Kier alpha value is -1.09. The summed E-state index contributed by atoms with van der Waals surface area (Å²) in [4.78, 5) is 7.23. The monoisotopic (exact) mass is 259 g/mol. The van der Waals surface area contributed by atoms with E-state index in [0.717, 1.165) is 31.5 Å². The first-order valence-electron chi connectivity index (χ1n) is 7.48. The number of aryl methyl sites for hydroxylation is 1. The lowest BCUT2D eigenvalue weighted by Crippen LogP contribution is -2.24. The molecule has 2 heterocycles. The second-order valence-electron chi connectivity index (χ2n) is 6.90. The summed E-state index contributed by atoms with van der Waals surface area (Å²) >= 11 is 0. The molecule has 1 N–H and O–H groups in total. The molecule has 0 radical (unpaired) electrons. The van der Waals surface area contributed by atoms with Crippen LogP contribution in [0.25, 0.3) is 0 Å². The van der Waals surface area contributed by atoms with Crippen molar-refractivity contribution in [2.24, 2.45) is 5.41 Å². The van der Waals surface area contributed by atoms with E-state index < -0.39 is 0 Å². The number of anilines is 1. The van der Waals surface area contributed by atoms with Crippen molar-refractivity contribution in [2.75, 3.05) is 18.0 Å². The molecule has 19 heavy (non-hydrogen) atoms. The summed E-state index contributed by atoms with van der Waals surface area (Å²) in [5, 5.41) is 3.56. The molecule has 104 valence electrons. The van der Waals surface area contributed by atoms with E-state index in [9.17, 15) is 0 Å². The van der Waals surface area contributed by atoms with Crippen LogP contribution >= 0.6 is 0 Å². The van der Waals surface area contributed by atoms with Crippen LogP contribution < -0.4 is 10.2 Å². The van der Waals surface area contributed by atoms with Crippen molar-refractivity contribution in [3.8, 4) is 0 Å². The van der Waals surface area contributed by atoms with E-state index in [-0.39, 0.29) is 0 Å². The molecule has 1 aliphatic heterocycles. The van der Waals surface area contributed by atoms with Gasteiger partial charge in [0.05, 0.1) is 0 Å². The highest BCUT2D eigenvalue weighted by molar-refractivity contribution is 5.43. The Morgan fingerprint density at radius 2 is 2.16 bits per heavy atom. The summed E-state index contributed by atoms with van der Waals surface area (Å²) in [6.07, 6.45) is 3.94. The van der Waals surface area contributed by atoms with Gasteiger partial charge >= 0.3 is 0 Å². The molecular weight excluding hydrogens is 234 g/mol. The van der Waals surface area contributed by atoms with Crippen molar-refractivity contribution < 1.29 is 0 Å². The van der Waals surface area contributed by atoms with Crippen LogP contribution in [0.2, 0.25) is 0 Å². The zero-order valence-electron chi connectivity index (χ0n) is 12.4. The van der Waals surface area contributed by atoms with E-state index in [4.69, 9.17) is 4.98 Å². The highest BCUT2D eigenvalue weighted by Gasteiger charge is 2.30. The molecule has 1 aliphatic carbocycles. The highest BCUT2D eigenvalue weighted by Crippen LogP contribution is 2.31. The summed E-state index contributed by atoms with van der Waals surface area (Å²) in [6.45, 7) is 10.0. The molecular formula is C16H25N3. The van der Waals surface area contributed by atoms with Crippen LogP contribution in [-0.4, -0.2) is 24.1 Å². The van der Waals surface area contributed by atoms with Gasteiger partial charge in [0.1, 0.15) is 5.82 Å². The molecule has 0 bridgehead atoms. The Bertz CT molecular complexity index is 463. The quantitative estimate of drug-likeness (QED) is 0.901. The molecule has 3 nitrogen and oxygen atoms in total. The van der Waals surface area contributed by atoms with E-state index in [1.54, 1.807) is 0 Å². The van der Waals surface area contributed by atoms with Gasteiger partial charge in [-0.25, -0.2) is 4.98 Å². The van der Waals surface area contributed by atoms with Gasteiger partial charge in [0, 0.05) is 31.4 Å². The van der Waals surface area contributed by atoms with E-state index in [1.807, 2.05) is 0 Å². The average Bonchev–Trinajstić information content (AvgIpc) is 3.11. The van der Waals surface area contributed by atoms with Crippen LogP contribution in [0.4, 0.5) is 5.82 Å². The molecule has 3 heteroatoms. The molecule has 3 rings (SSSR count). The molecule has 0 aromatic carbocycles. The van der Waals surface area contributed by atoms with E-state index in [1.165, 1.54) is 30.5 Å². The van der Waals surface area contributed by atoms with Crippen molar-refractivity contribution in [3.05, 3.63) is 23.4 Å². The Morgan fingerprint density at radius 1 is 1.37 bits per heavy atom. The molecule has 1 aromatic rings. The van der Waals surface area contributed by atoms with Crippen molar-refractivity contribution in [3.63, 3.8) is 0 Å². The van der Waals surface area contributed by atoms with Crippen molar-refractivity contribution in [1.82, 2.24) is 10.3 Å². The largest absolute Gasteiger partial charge is 0.356 e. The fraction of sp³-hybridized carbons (Fsp3) is 0.688. The van der Waals surface area contributed by atoms with Crippen LogP contribution in [0.1, 0.15) is 44.4 Å². The maximum Gasteiger partial charge on any atom is 0.128 e. The van der Waals surface area contributed by atoms with Gasteiger partial charge in [0.2, 0.25) is 0 Å². The molecule has 1 saturated carbocycles. The van der Waals surface area contributed by atoms with E-state index in [0.29, 0.717) is 5.41 Å². The summed E-state index contributed by atoms with van der Waals surface area (Å²) in [5.74, 6) is 1.15. The van der Waals surface area contributed by atoms with Gasteiger partial charge < -0.3 is 10.2 Å². The Morgan fingerprint density at radius 3 is 2.74 bits per heavy atom. The smallest absolute Gasteiger partial charge is 0.128 e. The summed E-state index contributed by atoms with van der Waals surface area (Å²) in [6, 6.07) is 5.20. The normalized spacial score (nSPS) is 21.9. The van der Waals surface area contributed by atoms with Crippen LogP contribution in [0.15, 0.2) is 12.1 Å². The van der Waals surface area contributed by atoms with E-state index >= 15 is 0 Å². The fourth-order valence-electron chi connectivity index (χ4n) is 2.79. The summed E-state index contributed by atoms with van der Waals surface area (Å²) in [5.41, 5.74) is 2.95. The Labute approximate surface area is 116 Å². The van der Waals surface area contributed by atoms with Crippen LogP contribution in [0.3, 0.4) is 0 Å². The van der Waals surface area contributed by atoms with Crippen LogP contribution in [0.5, 0.6) is 0 Å². The minimum Gasteiger partial charge on any atom is -0.356 e. The first-order valence-corrected chi connectivity index (χ1v) is 7.48. The third kappa shape index (κ3) is 3.08. The van der Waals surface area contributed by atoms with Gasteiger partial charge in [0.15, 0.2) is 0 Å². The highest BCUT2D eigenvalue weighted by atomic mass is 15.2. The average molecular weight is 259 g/mol. The maximum atomic E-state index is 4.80. The van der Waals surface area contributed by atoms with Gasteiger partial charge in [-0.1, -0.05) is 19.9 Å². The second-order valence-corrected chi connectivity index (χ2v) is 6.90. The van der Waals surface area contributed by atoms with Gasteiger partial charge in [-0.15, -0.1) is 0 Å². The second kappa shape index (κ2) is 4.78. The first-order chi connectivity index (χ1) is 9.03. The fourth-order valence-corrected chi connectivity index (χ4v) is 2.79. The standard InChI is InChI=1S/C16H25N3/c1-12-13(10-17-14-5-6-14)4-7-15(18-12)19-9-8-16(2,3)11-19/h4,7,14,17H,5-6,8-11H2,1-3H3. The number of pyridine rings is 1. The SMILES string of the molecule is Cc1nc(N2CCC(C)(C)C2)ccc1CNC1CC1. The van der Waals surface area contributed by atoms with Gasteiger partial charge in [-0.05, 0) is 43.2 Å². The predicted octanol–water partition coefficient (Wildman–Crippen LogP) is 2.88. The summed E-state index contributed by atoms with van der Waals surface area (Å²) < 4.78 is 0. The zero-order valence-corrected chi connectivity index (χ0v) is 12.4. The van der Waals surface area contributed by atoms with E-state index in [2.05, 4.69) is 43.1 Å². The van der Waals surface area contributed by atoms with Gasteiger partial charge in [0.25, 0.3) is 0 Å². The molecule has 0 unspecified atom stereocenters. The molecule has 0 spiro atoms. The molecule has 2 aliphatic rings. The maximum absolute atomic E-state index is 4.80. The van der Waals surface area contributed by atoms with Gasteiger partial charge in [-0.2, -0.15) is 0 Å². The van der Waals surface area contributed by atoms with Crippen molar-refractivity contribution in [2.45, 2.75) is 52.6 Å². The lowest BCUT2D eigenvalue weighted by atomic mass is 9.93. The van der Waals surface area contributed by atoms with Gasteiger partial charge in [-0.3, -0.25) is 0 Å². The molecule has 0 amide bonds. The third-order valence-electron chi connectivity index (χ3n) is 4.34. The number of nitrogens with zero attached hydrogens (tertiary/aromatic N) is 2. The lowest BCUT2D eigenvalue weighted by Gasteiger charge is -2.21.